The summed E-state index contributed by atoms with van der Waals surface area (Å²) in [6.45, 7) is 0.0799. The number of carbonyl (C=O) groups is 1. The zero-order chi connectivity index (χ0) is 17.2. The van der Waals surface area contributed by atoms with Crippen molar-refractivity contribution in [1.82, 2.24) is 5.32 Å². The van der Waals surface area contributed by atoms with Gasteiger partial charge >= 0.3 is 0 Å². The molecule has 0 spiro atoms. The Kier molecular flexibility index (Phi) is 6.93. The quantitative estimate of drug-likeness (QED) is 0.817. The Morgan fingerprint density at radius 3 is 2.58 bits per heavy atom. The van der Waals surface area contributed by atoms with Crippen LogP contribution in [0.2, 0.25) is 5.02 Å². The molecule has 6 heteroatoms. The van der Waals surface area contributed by atoms with Crippen LogP contribution in [0.15, 0.2) is 48.5 Å². The molecular weight excluding hydrogens is 333 g/mol. The number of carbonyl (C=O) groups excluding carboxylic acids is 1. The molecule has 0 heterocycles. The number of hydrogen-bond donors (Lipinski definition) is 1. The lowest BCUT2D eigenvalue weighted by Crippen LogP contribution is -2.29. The molecule has 0 aliphatic heterocycles. The molecule has 24 heavy (non-hydrogen) atoms. The number of para-hydroxylation sites is 1. The highest BCUT2D eigenvalue weighted by molar-refractivity contribution is 6.30. The fourth-order valence-electron chi connectivity index (χ4n) is 1.66. The largest absolute Gasteiger partial charge is 0.484 e. The van der Waals surface area contributed by atoms with E-state index < -0.39 is 5.82 Å². The molecule has 0 aliphatic rings. The molecule has 2 rings (SSSR count). The third kappa shape index (κ3) is 6.19. The molecule has 0 aliphatic carbocycles. The second-order valence-electron chi connectivity index (χ2n) is 4.59. The zero-order valence-corrected chi connectivity index (χ0v) is 13.5. The van der Waals surface area contributed by atoms with Gasteiger partial charge in [-0.2, -0.15) is 0 Å². The standard InChI is InChI=1S/C18H15ClFNO3/c19-14-7-9-15(10-8-14)24-13-18(22)21-11-3-4-12-23-17-6-2-1-5-16(17)20/h1-2,5-10H,11-13H2,(H,21,22). The van der Waals surface area contributed by atoms with Crippen LogP contribution < -0.4 is 14.8 Å². The molecule has 2 aromatic rings. The first-order chi connectivity index (χ1) is 11.6. The highest BCUT2D eigenvalue weighted by Crippen LogP contribution is 2.15. The molecule has 0 bridgehead atoms. The molecule has 4 nitrogen and oxygen atoms in total. The molecule has 2 aromatic carbocycles. The van der Waals surface area contributed by atoms with E-state index in [1.165, 1.54) is 12.1 Å². The summed E-state index contributed by atoms with van der Waals surface area (Å²) in [6, 6.07) is 12.8. The minimum atomic E-state index is -0.438. The van der Waals surface area contributed by atoms with E-state index in [1.807, 2.05) is 0 Å². The predicted molar refractivity (Wildman–Crippen MR) is 89.6 cm³/mol. The molecule has 1 N–H and O–H groups in total. The predicted octanol–water partition coefficient (Wildman–Crippen LogP) is 3.06. The summed E-state index contributed by atoms with van der Waals surface area (Å²) in [7, 11) is 0. The van der Waals surface area contributed by atoms with Crippen LogP contribution in [-0.2, 0) is 4.79 Å². The first-order valence-corrected chi connectivity index (χ1v) is 7.51. The van der Waals surface area contributed by atoms with Crippen LogP contribution in [0.5, 0.6) is 11.5 Å². The van der Waals surface area contributed by atoms with E-state index in [4.69, 9.17) is 21.1 Å². The average Bonchev–Trinajstić information content (AvgIpc) is 2.59. The number of benzene rings is 2. The number of hydrogen-bond acceptors (Lipinski definition) is 3. The second kappa shape index (κ2) is 9.43. The van der Waals surface area contributed by atoms with Crippen LogP contribution in [0.3, 0.4) is 0 Å². The molecule has 0 unspecified atom stereocenters. The number of nitrogens with one attached hydrogen (secondary N) is 1. The molecule has 0 fully saturated rings. The lowest BCUT2D eigenvalue weighted by atomic mass is 10.3. The average molecular weight is 348 g/mol. The second-order valence-corrected chi connectivity index (χ2v) is 5.03. The van der Waals surface area contributed by atoms with Crippen LogP contribution in [0, 0.1) is 17.7 Å². The lowest BCUT2D eigenvalue weighted by Gasteiger charge is -2.05. The Bertz CT molecular complexity index is 738. The van der Waals surface area contributed by atoms with Crippen LogP contribution >= 0.6 is 11.6 Å². The fraction of sp³-hybridized carbons (Fsp3) is 0.167. The van der Waals surface area contributed by atoms with Gasteiger partial charge < -0.3 is 14.8 Å². The monoisotopic (exact) mass is 347 g/mol. The number of amides is 1. The van der Waals surface area contributed by atoms with E-state index in [2.05, 4.69) is 17.2 Å². The summed E-state index contributed by atoms with van der Waals surface area (Å²) in [6.07, 6.45) is 0. The Labute approximate surface area is 144 Å². The van der Waals surface area contributed by atoms with Gasteiger partial charge in [0.1, 0.15) is 12.4 Å². The van der Waals surface area contributed by atoms with E-state index in [1.54, 1.807) is 36.4 Å². The van der Waals surface area contributed by atoms with Gasteiger partial charge in [-0.1, -0.05) is 35.6 Å². The summed E-state index contributed by atoms with van der Waals surface area (Å²) in [5.41, 5.74) is 0. The minimum absolute atomic E-state index is 0.0398. The number of ether oxygens (including phenoxy) is 2. The van der Waals surface area contributed by atoms with Crippen molar-refractivity contribution in [1.29, 1.82) is 0 Å². The topological polar surface area (TPSA) is 47.6 Å². The minimum Gasteiger partial charge on any atom is -0.484 e. The fourth-order valence-corrected chi connectivity index (χ4v) is 1.79. The summed E-state index contributed by atoms with van der Waals surface area (Å²) in [4.78, 5) is 11.6. The SMILES string of the molecule is O=C(COc1ccc(Cl)cc1)NCC#CCOc1ccccc1F. The van der Waals surface area contributed by atoms with Crippen LogP contribution in [0.25, 0.3) is 0 Å². The molecule has 0 saturated carbocycles. The molecule has 1 amide bonds. The smallest absolute Gasteiger partial charge is 0.258 e. The first kappa shape index (κ1) is 17.6. The van der Waals surface area contributed by atoms with Gasteiger partial charge in [-0.3, -0.25) is 4.79 Å². The third-order valence-corrected chi connectivity index (χ3v) is 3.07. The molecular formula is C18H15ClFNO3. The van der Waals surface area contributed by atoms with Gasteiger partial charge in [0.05, 0.1) is 6.54 Å². The summed E-state index contributed by atoms with van der Waals surface area (Å²) in [5.74, 6) is 5.36. The van der Waals surface area contributed by atoms with Gasteiger partial charge in [-0.05, 0) is 36.4 Å². The van der Waals surface area contributed by atoms with E-state index in [9.17, 15) is 9.18 Å². The van der Waals surface area contributed by atoms with Crippen molar-refractivity contribution in [2.45, 2.75) is 0 Å². The van der Waals surface area contributed by atoms with Gasteiger partial charge in [0.15, 0.2) is 18.2 Å². The maximum atomic E-state index is 13.3. The van der Waals surface area contributed by atoms with Crippen molar-refractivity contribution >= 4 is 17.5 Å². The van der Waals surface area contributed by atoms with E-state index in [-0.39, 0.29) is 31.4 Å². The Hall–Kier alpha value is -2.71. The van der Waals surface area contributed by atoms with Crippen LogP contribution in [-0.4, -0.2) is 25.7 Å². The number of rotatable bonds is 6. The van der Waals surface area contributed by atoms with Crippen molar-refractivity contribution in [2.75, 3.05) is 19.8 Å². The zero-order valence-electron chi connectivity index (χ0n) is 12.7. The Morgan fingerprint density at radius 1 is 1.08 bits per heavy atom. The summed E-state index contributed by atoms with van der Waals surface area (Å²) < 4.78 is 23.7. The lowest BCUT2D eigenvalue weighted by molar-refractivity contribution is -0.122. The van der Waals surface area contributed by atoms with E-state index in [0.29, 0.717) is 10.8 Å². The van der Waals surface area contributed by atoms with Crippen LogP contribution in [0.1, 0.15) is 0 Å². The van der Waals surface area contributed by atoms with Crippen molar-refractivity contribution in [2.24, 2.45) is 0 Å². The van der Waals surface area contributed by atoms with Gasteiger partial charge in [0.2, 0.25) is 0 Å². The van der Waals surface area contributed by atoms with Crippen molar-refractivity contribution < 1.29 is 18.7 Å². The molecule has 0 radical (unpaired) electrons. The van der Waals surface area contributed by atoms with Crippen molar-refractivity contribution in [3.63, 3.8) is 0 Å². The van der Waals surface area contributed by atoms with Crippen molar-refractivity contribution in [3.05, 3.63) is 59.4 Å². The molecule has 124 valence electrons. The van der Waals surface area contributed by atoms with Crippen LogP contribution in [0.4, 0.5) is 4.39 Å². The molecule has 0 aromatic heterocycles. The highest BCUT2D eigenvalue weighted by Gasteiger charge is 2.01. The van der Waals surface area contributed by atoms with Gasteiger partial charge in [0, 0.05) is 5.02 Å². The maximum absolute atomic E-state index is 13.3. The van der Waals surface area contributed by atoms with E-state index in [0.717, 1.165) is 0 Å². The van der Waals surface area contributed by atoms with Gasteiger partial charge in [-0.25, -0.2) is 4.39 Å². The summed E-state index contributed by atoms with van der Waals surface area (Å²) >= 11 is 5.75. The van der Waals surface area contributed by atoms with Gasteiger partial charge in [-0.15, -0.1) is 0 Å². The summed E-state index contributed by atoms with van der Waals surface area (Å²) in [5, 5.41) is 3.18. The Balaban J connectivity index is 1.62. The third-order valence-electron chi connectivity index (χ3n) is 2.82. The highest BCUT2D eigenvalue weighted by atomic mass is 35.5. The number of halogens is 2. The molecule has 0 atom stereocenters. The first-order valence-electron chi connectivity index (χ1n) is 7.13. The van der Waals surface area contributed by atoms with Gasteiger partial charge in [0.25, 0.3) is 5.91 Å². The Morgan fingerprint density at radius 2 is 1.83 bits per heavy atom. The van der Waals surface area contributed by atoms with E-state index >= 15 is 0 Å². The van der Waals surface area contributed by atoms with Crippen molar-refractivity contribution in [3.8, 4) is 23.3 Å². The maximum Gasteiger partial charge on any atom is 0.258 e. The normalized spacial score (nSPS) is 9.58. The molecule has 0 saturated heterocycles.